The van der Waals surface area contributed by atoms with E-state index in [1.807, 2.05) is 60.7 Å². The minimum absolute atomic E-state index is 0.196. The number of carboxylic acids is 2. The topological polar surface area (TPSA) is 158 Å². The number of likely N-dealkylation sites (tertiary alicyclic amines) is 2. The van der Waals surface area contributed by atoms with Gasteiger partial charge in [-0.05, 0) is 49.9 Å². The maximum Gasteiger partial charge on any atom is 0.414 e. The van der Waals surface area contributed by atoms with Crippen LogP contribution in [0, 0.1) is 0 Å². The van der Waals surface area contributed by atoms with E-state index < -0.39 is 11.9 Å². The Morgan fingerprint density at radius 2 is 1.00 bits per heavy atom. The van der Waals surface area contributed by atoms with Gasteiger partial charge in [-0.3, -0.25) is 0 Å². The van der Waals surface area contributed by atoms with Crippen molar-refractivity contribution in [3.05, 3.63) is 71.8 Å². The van der Waals surface area contributed by atoms with E-state index in [-0.39, 0.29) is 23.3 Å². The first-order valence-corrected chi connectivity index (χ1v) is 14.1. The molecule has 0 unspecified atom stereocenters. The first-order chi connectivity index (χ1) is 20.2. The Kier molecular flexibility index (Phi) is 10.4. The molecule has 6 rings (SSSR count). The van der Waals surface area contributed by atoms with Crippen LogP contribution in [0.2, 0.25) is 0 Å². The van der Waals surface area contributed by atoms with Crippen molar-refractivity contribution >= 4 is 24.1 Å². The van der Waals surface area contributed by atoms with Crippen LogP contribution >= 0.6 is 0 Å². The van der Waals surface area contributed by atoms with E-state index >= 15 is 0 Å². The zero-order valence-corrected chi connectivity index (χ0v) is 23.5. The summed E-state index contributed by atoms with van der Waals surface area (Å²) in [6.45, 7) is 6.04. The normalized spacial score (nSPS) is 18.9. The molecule has 4 aliphatic heterocycles. The number of amides is 2. The molecule has 0 saturated carbocycles. The van der Waals surface area contributed by atoms with Gasteiger partial charge in [0.05, 0.1) is 11.1 Å². The maximum absolute atomic E-state index is 11.8. The van der Waals surface area contributed by atoms with E-state index in [0.29, 0.717) is 13.2 Å². The second-order valence-corrected chi connectivity index (χ2v) is 11.0. The number of benzene rings is 2. The van der Waals surface area contributed by atoms with Crippen molar-refractivity contribution in [1.29, 1.82) is 0 Å². The van der Waals surface area contributed by atoms with Crippen molar-refractivity contribution < 1.29 is 38.9 Å². The fraction of sp³-hybridized carbons (Fsp3) is 0.467. The molecule has 4 N–H and O–H groups in total. The molecule has 0 aliphatic carbocycles. The molecule has 4 heterocycles. The zero-order valence-electron chi connectivity index (χ0n) is 23.5. The van der Waals surface area contributed by atoms with Crippen LogP contribution in [0.3, 0.4) is 0 Å². The summed E-state index contributed by atoms with van der Waals surface area (Å²) < 4.78 is 10.6. The Balaban J connectivity index is 0.000000162. The summed E-state index contributed by atoms with van der Waals surface area (Å²) in [4.78, 5) is 45.4. The number of ether oxygens (including phenoxy) is 2. The van der Waals surface area contributed by atoms with Crippen LogP contribution in [0.5, 0.6) is 0 Å². The predicted molar refractivity (Wildman–Crippen MR) is 152 cm³/mol. The Bertz CT molecular complexity index is 1100. The minimum Gasteiger partial charge on any atom is -0.473 e. The maximum atomic E-state index is 11.8. The van der Waals surface area contributed by atoms with Gasteiger partial charge in [0.25, 0.3) is 0 Å². The minimum atomic E-state index is -1.82. The van der Waals surface area contributed by atoms with Crippen molar-refractivity contribution in [3.63, 3.8) is 0 Å². The number of carbonyl (C=O) groups is 4. The van der Waals surface area contributed by atoms with Gasteiger partial charge in [0, 0.05) is 26.2 Å². The average Bonchev–Trinajstić information content (AvgIpc) is 3.66. The number of aliphatic carboxylic acids is 2. The quantitative estimate of drug-likeness (QED) is 0.395. The van der Waals surface area contributed by atoms with Gasteiger partial charge in [-0.25, -0.2) is 19.2 Å². The number of carbonyl (C=O) groups excluding carboxylic acids is 2. The van der Waals surface area contributed by atoms with Gasteiger partial charge in [0.15, 0.2) is 0 Å². The Morgan fingerprint density at radius 3 is 1.29 bits per heavy atom. The molecule has 2 amide bonds. The molecule has 12 heteroatoms. The zero-order chi connectivity index (χ0) is 30.0. The van der Waals surface area contributed by atoms with Crippen molar-refractivity contribution in [2.75, 3.05) is 39.3 Å². The smallest absolute Gasteiger partial charge is 0.414 e. The second-order valence-electron chi connectivity index (χ2n) is 11.0. The van der Waals surface area contributed by atoms with Crippen LogP contribution in [0.4, 0.5) is 9.59 Å². The molecule has 226 valence electrons. The highest BCUT2D eigenvalue weighted by atomic mass is 16.6. The summed E-state index contributed by atoms with van der Waals surface area (Å²) in [5.41, 5.74) is 2.46. The van der Waals surface area contributed by atoms with E-state index in [9.17, 15) is 9.59 Å². The summed E-state index contributed by atoms with van der Waals surface area (Å²) in [5, 5.41) is 21.7. The van der Waals surface area contributed by atoms with Crippen LogP contribution in [0.15, 0.2) is 60.7 Å². The fourth-order valence-electron chi connectivity index (χ4n) is 5.53. The summed E-state index contributed by atoms with van der Waals surface area (Å²) in [7, 11) is 0. The van der Waals surface area contributed by atoms with Gasteiger partial charge in [0.1, 0.15) is 13.2 Å². The lowest BCUT2D eigenvalue weighted by Gasteiger charge is -2.47. The Labute approximate surface area is 244 Å². The van der Waals surface area contributed by atoms with Crippen LogP contribution in [0.25, 0.3) is 0 Å². The number of nitrogens with zero attached hydrogens (tertiary/aromatic N) is 2. The van der Waals surface area contributed by atoms with Gasteiger partial charge in [0.2, 0.25) is 0 Å². The summed E-state index contributed by atoms with van der Waals surface area (Å²) >= 11 is 0. The van der Waals surface area contributed by atoms with E-state index in [1.54, 1.807) is 9.80 Å². The molecule has 0 radical (unpaired) electrons. The van der Waals surface area contributed by atoms with Crippen LogP contribution in [-0.2, 0) is 32.3 Å². The number of hydrogen-bond acceptors (Lipinski definition) is 8. The van der Waals surface area contributed by atoms with Crippen molar-refractivity contribution in [2.45, 2.75) is 50.0 Å². The fourth-order valence-corrected chi connectivity index (χ4v) is 5.53. The molecule has 4 aliphatic rings. The second kappa shape index (κ2) is 14.1. The van der Waals surface area contributed by atoms with Crippen LogP contribution < -0.4 is 10.6 Å². The van der Waals surface area contributed by atoms with E-state index in [4.69, 9.17) is 29.3 Å². The highest BCUT2D eigenvalue weighted by molar-refractivity contribution is 6.27. The van der Waals surface area contributed by atoms with Crippen molar-refractivity contribution in [3.8, 4) is 0 Å². The number of carboxylic acid groups (broad SMARTS) is 2. The highest BCUT2D eigenvalue weighted by Gasteiger charge is 2.48. The lowest BCUT2D eigenvalue weighted by atomic mass is 9.89. The Hall–Kier alpha value is -4.16. The molecule has 4 saturated heterocycles. The molecule has 2 aromatic rings. The Morgan fingerprint density at radius 1 is 0.643 bits per heavy atom. The highest BCUT2D eigenvalue weighted by Crippen LogP contribution is 2.31. The lowest BCUT2D eigenvalue weighted by Crippen LogP contribution is -2.68. The van der Waals surface area contributed by atoms with Crippen molar-refractivity contribution in [2.24, 2.45) is 0 Å². The first-order valence-electron chi connectivity index (χ1n) is 14.1. The molecular formula is C30H38N4O8. The van der Waals surface area contributed by atoms with Crippen LogP contribution in [0.1, 0.15) is 36.8 Å². The molecule has 0 bridgehead atoms. The third-order valence-corrected chi connectivity index (χ3v) is 7.75. The molecule has 42 heavy (non-hydrogen) atoms. The van der Waals surface area contributed by atoms with Crippen LogP contribution in [-0.4, -0.2) is 94.5 Å². The van der Waals surface area contributed by atoms with Gasteiger partial charge in [-0.2, -0.15) is 0 Å². The first kappa shape index (κ1) is 30.8. The summed E-state index contributed by atoms with van der Waals surface area (Å²) in [6.07, 6.45) is 4.39. The van der Waals surface area contributed by atoms with Gasteiger partial charge in [-0.15, -0.1) is 0 Å². The van der Waals surface area contributed by atoms with Gasteiger partial charge in [-0.1, -0.05) is 60.7 Å². The largest absolute Gasteiger partial charge is 0.473 e. The summed E-state index contributed by atoms with van der Waals surface area (Å²) in [6, 6.07) is 19.6. The SMILES string of the molecule is O=C(O)C(=O)O.O=C(OCc1ccccc1)N1CC2(CCCN2)C1.O=C(OCc1ccccc1)N1CC2(CCCN2)C1. The molecule has 2 spiro atoms. The van der Waals surface area contributed by atoms with Gasteiger partial charge >= 0.3 is 24.1 Å². The number of hydrogen-bond donors (Lipinski definition) is 4. The van der Waals surface area contributed by atoms with E-state index in [2.05, 4.69) is 10.6 Å². The standard InChI is InChI=1S/2C14H18N2O2.C2H2O4/c2*17-13(18-9-12-5-2-1-3-6-12)16-10-14(11-16)7-4-8-15-14;3-1(4)2(5)6/h2*1-3,5-6,15H,4,7-11H2;(H,3,4)(H,5,6). The van der Waals surface area contributed by atoms with Gasteiger partial charge < -0.3 is 40.1 Å². The average molecular weight is 583 g/mol. The molecule has 2 aromatic carbocycles. The third kappa shape index (κ3) is 8.43. The lowest BCUT2D eigenvalue weighted by molar-refractivity contribution is -0.159. The summed E-state index contributed by atoms with van der Waals surface area (Å²) in [5.74, 6) is -3.65. The number of rotatable bonds is 4. The molecule has 0 atom stereocenters. The van der Waals surface area contributed by atoms with E-state index in [0.717, 1.165) is 50.4 Å². The van der Waals surface area contributed by atoms with Crippen molar-refractivity contribution in [1.82, 2.24) is 20.4 Å². The number of nitrogens with one attached hydrogen (secondary N) is 2. The molecule has 4 fully saturated rings. The predicted octanol–water partition coefficient (Wildman–Crippen LogP) is 2.68. The molecular weight excluding hydrogens is 544 g/mol. The third-order valence-electron chi connectivity index (χ3n) is 7.75. The monoisotopic (exact) mass is 582 g/mol. The molecule has 12 nitrogen and oxygen atoms in total. The van der Waals surface area contributed by atoms with E-state index in [1.165, 1.54) is 25.7 Å². The molecule has 0 aromatic heterocycles.